The molecule has 1 unspecified atom stereocenters. The van der Waals surface area contributed by atoms with Crippen LogP contribution in [0.25, 0.3) is 21.8 Å². The highest BCUT2D eigenvalue weighted by atomic mass is 32.2. The van der Waals surface area contributed by atoms with Gasteiger partial charge in [-0.25, -0.2) is 26.2 Å². The molecule has 2 aromatic carbocycles. The molecule has 9 heteroatoms. The van der Waals surface area contributed by atoms with Crippen LogP contribution in [-0.4, -0.2) is 36.5 Å². The van der Waals surface area contributed by atoms with Gasteiger partial charge < -0.3 is 10.6 Å². The molecule has 1 aliphatic heterocycles. The maximum absolute atomic E-state index is 14.3. The average molecular weight is 428 g/mol. The fraction of sp³-hybridized carbons (Fsp3) is 0.190. The van der Waals surface area contributed by atoms with E-state index in [4.69, 9.17) is 0 Å². The van der Waals surface area contributed by atoms with Gasteiger partial charge >= 0.3 is 0 Å². The summed E-state index contributed by atoms with van der Waals surface area (Å²) in [4.78, 5) is 3.97. The molecule has 1 atom stereocenters. The Morgan fingerprint density at radius 2 is 1.93 bits per heavy atom. The highest BCUT2D eigenvalue weighted by molar-refractivity contribution is 7.90. The molecule has 1 aliphatic rings. The molecule has 4 aromatic rings. The van der Waals surface area contributed by atoms with E-state index < -0.39 is 26.6 Å². The lowest BCUT2D eigenvalue weighted by Crippen LogP contribution is -2.23. The van der Waals surface area contributed by atoms with E-state index in [9.17, 15) is 17.2 Å². The zero-order chi connectivity index (χ0) is 20.9. The molecule has 0 saturated carbocycles. The van der Waals surface area contributed by atoms with Crippen molar-refractivity contribution in [3.8, 4) is 0 Å². The van der Waals surface area contributed by atoms with Crippen molar-refractivity contribution in [2.45, 2.75) is 17.4 Å². The first-order chi connectivity index (χ1) is 14.4. The minimum atomic E-state index is -4.38. The predicted molar refractivity (Wildman–Crippen MR) is 111 cm³/mol. The molecular weight excluding hydrogens is 410 g/mol. The van der Waals surface area contributed by atoms with Crippen molar-refractivity contribution in [1.29, 1.82) is 0 Å². The minimum absolute atomic E-state index is 0.169. The van der Waals surface area contributed by atoms with Crippen LogP contribution < -0.4 is 10.6 Å². The lowest BCUT2D eigenvalue weighted by Gasteiger charge is -2.15. The molecule has 2 N–H and O–H groups in total. The molecule has 2 aromatic heterocycles. The summed E-state index contributed by atoms with van der Waals surface area (Å²) >= 11 is 0. The van der Waals surface area contributed by atoms with Crippen LogP contribution in [0, 0.1) is 11.6 Å². The standard InChI is InChI=1S/C21H18F2N4O2S/c22-13-5-6-17(23)19(11-13)30(28,29)27-10-8-16-20(27)15-3-1-2-4-18(15)26-21(16)25-14-7-9-24-12-14/h1-6,8,10-11,14,24H,7,9,12H2,(H,25,26). The van der Waals surface area contributed by atoms with Crippen molar-refractivity contribution in [2.24, 2.45) is 0 Å². The number of para-hydroxylation sites is 1. The molecule has 1 fully saturated rings. The third-order valence-electron chi connectivity index (χ3n) is 5.33. The molecule has 6 nitrogen and oxygen atoms in total. The lowest BCUT2D eigenvalue weighted by molar-refractivity contribution is 0.549. The number of nitrogens with one attached hydrogen (secondary N) is 2. The first-order valence-corrected chi connectivity index (χ1v) is 11.0. The van der Waals surface area contributed by atoms with Crippen LogP contribution in [-0.2, 0) is 10.0 Å². The predicted octanol–water partition coefficient (Wildman–Crippen LogP) is 3.48. The number of benzene rings is 2. The second kappa shape index (κ2) is 7.03. The summed E-state index contributed by atoms with van der Waals surface area (Å²) in [6, 6.07) is 11.4. The fourth-order valence-electron chi connectivity index (χ4n) is 3.88. The second-order valence-electron chi connectivity index (χ2n) is 7.27. The van der Waals surface area contributed by atoms with Crippen LogP contribution in [0.2, 0.25) is 0 Å². The maximum Gasteiger partial charge on any atom is 0.271 e. The van der Waals surface area contributed by atoms with Crippen LogP contribution in [0.5, 0.6) is 0 Å². The van der Waals surface area contributed by atoms with Crippen LogP contribution >= 0.6 is 0 Å². The first-order valence-electron chi connectivity index (χ1n) is 9.53. The minimum Gasteiger partial charge on any atom is -0.365 e. The zero-order valence-electron chi connectivity index (χ0n) is 15.8. The Balaban J connectivity index is 1.77. The average Bonchev–Trinajstić information content (AvgIpc) is 3.40. The van der Waals surface area contributed by atoms with E-state index in [0.29, 0.717) is 33.7 Å². The van der Waals surface area contributed by atoms with Gasteiger partial charge in [0.1, 0.15) is 22.3 Å². The summed E-state index contributed by atoms with van der Waals surface area (Å²) < 4.78 is 55.6. The molecular formula is C21H18F2N4O2S. The third kappa shape index (κ3) is 3.01. The molecule has 0 amide bonds. The van der Waals surface area contributed by atoms with Crippen molar-refractivity contribution >= 4 is 37.6 Å². The van der Waals surface area contributed by atoms with Gasteiger partial charge in [-0.3, -0.25) is 0 Å². The van der Waals surface area contributed by atoms with Crippen molar-refractivity contribution in [3.05, 3.63) is 66.4 Å². The number of fused-ring (bicyclic) bond motifs is 3. The van der Waals surface area contributed by atoms with Crippen LogP contribution in [0.3, 0.4) is 0 Å². The number of nitrogens with zero attached hydrogens (tertiary/aromatic N) is 2. The SMILES string of the molecule is O=S(=O)(c1cc(F)ccc1F)n1ccc2c(NC3CCNC3)nc3ccccc3c21. The summed E-state index contributed by atoms with van der Waals surface area (Å²) in [7, 11) is -4.38. The number of rotatable bonds is 4. The Morgan fingerprint density at radius 3 is 2.73 bits per heavy atom. The molecule has 1 saturated heterocycles. The number of pyridine rings is 1. The summed E-state index contributed by atoms with van der Waals surface area (Å²) in [5, 5.41) is 7.86. The molecule has 5 rings (SSSR count). The number of halogens is 2. The van der Waals surface area contributed by atoms with Gasteiger partial charge in [-0.05, 0) is 43.3 Å². The Morgan fingerprint density at radius 1 is 1.10 bits per heavy atom. The highest BCUT2D eigenvalue weighted by Crippen LogP contribution is 2.33. The molecule has 30 heavy (non-hydrogen) atoms. The van der Waals surface area contributed by atoms with E-state index in [1.807, 2.05) is 6.07 Å². The molecule has 0 spiro atoms. The molecule has 0 aliphatic carbocycles. The van der Waals surface area contributed by atoms with E-state index in [-0.39, 0.29) is 6.04 Å². The Labute approximate surface area is 171 Å². The number of anilines is 1. The van der Waals surface area contributed by atoms with E-state index in [0.717, 1.165) is 35.6 Å². The molecule has 154 valence electrons. The normalized spacial score (nSPS) is 17.1. The van der Waals surface area contributed by atoms with Gasteiger partial charge in [0.2, 0.25) is 0 Å². The van der Waals surface area contributed by atoms with Gasteiger partial charge in [0.15, 0.2) is 0 Å². The van der Waals surface area contributed by atoms with E-state index in [1.165, 1.54) is 6.20 Å². The summed E-state index contributed by atoms with van der Waals surface area (Å²) in [6.07, 6.45) is 2.28. The van der Waals surface area contributed by atoms with Gasteiger partial charge in [-0.15, -0.1) is 0 Å². The van der Waals surface area contributed by atoms with Crippen LogP contribution in [0.15, 0.2) is 59.6 Å². The number of hydrogen-bond acceptors (Lipinski definition) is 5. The maximum atomic E-state index is 14.3. The topological polar surface area (TPSA) is 76.0 Å². The largest absolute Gasteiger partial charge is 0.365 e. The Kier molecular flexibility index (Phi) is 4.44. The third-order valence-corrected chi connectivity index (χ3v) is 7.02. The number of hydrogen-bond donors (Lipinski definition) is 2. The van der Waals surface area contributed by atoms with Crippen molar-refractivity contribution in [2.75, 3.05) is 18.4 Å². The summed E-state index contributed by atoms with van der Waals surface area (Å²) in [6.45, 7) is 1.67. The van der Waals surface area contributed by atoms with Gasteiger partial charge in [0.05, 0.1) is 11.0 Å². The van der Waals surface area contributed by atoms with Gasteiger partial charge in [0, 0.05) is 29.6 Å². The van der Waals surface area contributed by atoms with Gasteiger partial charge in [0.25, 0.3) is 10.0 Å². The first kappa shape index (κ1) is 19.0. The van der Waals surface area contributed by atoms with E-state index in [2.05, 4.69) is 15.6 Å². The fourth-order valence-corrected chi connectivity index (χ4v) is 5.33. The Hall–Kier alpha value is -3.04. The van der Waals surface area contributed by atoms with Crippen molar-refractivity contribution in [1.82, 2.24) is 14.3 Å². The van der Waals surface area contributed by atoms with Crippen LogP contribution in [0.1, 0.15) is 6.42 Å². The van der Waals surface area contributed by atoms with Crippen molar-refractivity contribution in [3.63, 3.8) is 0 Å². The summed E-state index contributed by atoms with van der Waals surface area (Å²) in [5.74, 6) is -1.27. The number of aromatic nitrogens is 2. The lowest BCUT2D eigenvalue weighted by atomic mass is 10.1. The molecule has 0 radical (unpaired) electrons. The van der Waals surface area contributed by atoms with E-state index in [1.54, 1.807) is 24.3 Å². The van der Waals surface area contributed by atoms with Crippen molar-refractivity contribution < 1.29 is 17.2 Å². The van der Waals surface area contributed by atoms with Gasteiger partial charge in [-0.2, -0.15) is 0 Å². The Bertz CT molecular complexity index is 1380. The molecule has 0 bridgehead atoms. The smallest absolute Gasteiger partial charge is 0.271 e. The monoisotopic (exact) mass is 428 g/mol. The van der Waals surface area contributed by atoms with Gasteiger partial charge in [-0.1, -0.05) is 18.2 Å². The second-order valence-corrected chi connectivity index (χ2v) is 9.05. The molecule has 3 heterocycles. The van der Waals surface area contributed by atoms with Crippen LogP contribution in [0.4, 0.5) is 14.6 Å². The van der Waals surface area contributed by atoms with E-state index >= 15 is 0 Å². The quantitative estimate of drug-likeness (QED) is 0.521. The summed E-state index contributed by atoms with van der Waals surface area (Å²) in [5.41, 5.74) is 0.978. The zero-order valence-corrected chi connectivity index (χ0v) is 16.6. The highest BCUT2D eigenvalue weighted by Gasteiger charge is 2.26.